The van der Waals surface area contributed by atoms with Crippen molar-refractivity contribution in [2.45, 2.75) is 13.3 Å². The van der Waals surface area contributed by atoms with E-state index in [-0.39, 0.29) is 16.9 Å². The number of ketones is 1. The first-order valence-electron chi connectivity index (χ1n) is 9.33. The van der Waals surface area contributed by atoms with E-state index in [1.165, 1.54) is 6.07 Å². The number of carbonyl (C=O) groups is 3. The minimum atomic E-state index is -0.720. The van der Waals surface area contributed by atoms with Gasteiger partial charge in [0.05, 0.1) is 5.56 Å². The Morgan fingerprint density at radius 1 is 0.828 bits per heavy atom. The molecule has 3 aromatic rings. The van der Waals surface area contributed by atoms with E-state index < -0.39 is 18.5 Å². The largest absolute Gasteiger partial charge is 0.452 e. The third-order valence-electron chi connectivity index (χ3n) is 4.38. The fraction of sp³-hybridized carbons (Fsp3) is 0.125. The van der Waals surface area contributed by atoms with Crippen LogP contribution in [0, 0.1) is 0 Å². The van der Waals surface area contributed by atoms with E-state index in [2.05, 4.69) is 5.32 Å². The van der Waals surface area contributed by atoms with Crippen molar-refractivity contribution in [1.29, 1.82) is 0 Å². The molecule has 5 heteroatoms. The van der Waals surface area contributed by atoms with Gasteiger partial charge in [-0.3, -0.25) is 9.59 Å². The number of hydrogen-bond acceptors (Lipinski definition) is 4. The third kappa shape index (κ3) is 5.17. The zero-order chi connectivity index (χ0) is 20.6. The number of nitrogens with one attached hydrogen (secondary N) is 1. The highest BCUT2D eigenvalue weighted by Gasteiger charge is 2.19. The maximum absolute atomic E-state index is 12.7. The van der Waals surface area contributed by atoms with Crippen LogP contribution in [0.4, 0.5) is 5.69 Å². The minimum absolute atomic E-state index is 0.127. The fourth-order valence-corrected chi connectivity index (χ4v) is 2.88. The molecule has 0 fully saturated rings. The molecule has 0 aromatic heterocycles. The first-order chi connectivity index (χ1) is 14.1. The molecule has 0 spiro atoms. The van der Waals surface area contributed by atoms with Crippen LogP contribution in [0.2, 0.25) is 0 Å². The topological polar surface area (TPSA) is 72.5 Å². The Hall–Kier alpha value is -3.73. The molecule has 0 saturated heterocycles. The van der Waals surface area contributed by atoms with Crippen molar-refractivity contribution in [1.82, 2.24) is 0 Å². The highest BCUT2D eigenvalue weighted by Crippen LogP contribution is 2.16. The number of ether oxygens (including phenoxy) is 1. The van der Waals surface area contributed by atoms with E-state index >= 15 is 0 Å². The van der Waals surface area contributed by atoms with Crippen molar-refractivity contribution in [2.75, 3.05) is 11.9 Å². The molecule has 3 aromatic carbocycles. The van der Waals surface area contributed by atoms with Gasteiger partial charge in [0.1, 0.15) is 0 Å². The van der Waals surface area contributed by atoms with Gasteiger partial charge >= 0.3 is 5.97 Å². The third-order valence-corrected chi connectivity index (χ3v) is 4.38. The lowest BCUT2D eigenvalue weighted by Gasteiger charge is -2.10. The lowest BCUT2D eigenvalue weighted by Crippen LogP contribution is -2.22. The Balaban J connectivity index is 1.67. The van der Waals surface area contributed by atoms with Crippen LogP contribution in [0.5, 0.6) is 0 Å². The first-order valence-corrected chi connectivity index (χ1v) is 9.33. The minimum Gasteiger partial charge on any atom is -0.452 e. The molecule has 5 nitrogen and oxygen atoms in total. The van der Waals surface area contributed by atoms with Gasteiger partial charge in [-0.25, -0.2) is 4.79 Å². The van der Waals surface area contributed by atoms with Gasteiger partial charge in [-0.05, 0) is 30.2 Å². The summed E-state index contributed by atoms with van der Waals surface area (Å²) in [5, 5.41) is 2.70. The Morgan fingerprint density at radius 3 is 2.24 bits per heavy atom. The Kier molecular flexibility index (Phi) is 6.53. The van der Waals surface area contributed by atoms with E-state index in [4.69, 9.17) is 4.74 Å². The lowest BCUT2D eigenvalue weighted by molar-refractivity contribution is -0.119. The standard InChI is InChI=1S/C24H21NO4/c1-2-17-9-8-12-19(15-17)25-22(26)16-29-24(28)21-14-7-6-13-20(21)23(27)18-10-4-3-5-11-18/h3-15H,2,16H2,1H3,(H,25,26). The van der Waals surface area contributed by atoms with Gasteiger partial charge in [0, 0.05) is 16.8 Å². The Labute approximate surface area is 169 Å². The van der Waals surface area contributed by atoms with Crippen LogP contribution in [0.15, 0.2) is 78.9 Å². The predicted octanol–water partition coefficient (Wildman–Crippen LogP) is 4.28. The highest BCUT2D eigenvalue weighted by atomic mass is 16.5. The van der Waals surface area contributed by atoms with Crippen LogP contribution in [-0.2, 0) is 16.0 Å². The van der Waals surface area contributed by atoms with Gasteiger partial charge in [0.25, 0.3) is 5.91 Å². The van der Waals surface area contributed by atoms with Gasteiger partial charge < -0.3 is 10.1 Å². The van der Waals surface area contributed by atoms with Crippen molar-refractivity contribution < 1.29 is 19.1 Å². The summed E-state index contributed by atoms with van der Waals surface area (Å²) < 4.78 is 5.14. The van der Waals surface area contributed by atoms with Gasteiger partial charge in [0.2, 0.25) is 0 Å². The molecule has 0 heterocycles. The molecular weight excluding hydrogens is 366 g/mol. The SMILES string of the molecule is CCc1cccc(NC(=O)COC(=O)c2ccccc2C(=O)c2ccccc2)c1. The molecule has 29 heavy (non-hydrogen) atoms. The average Bonchev–Trinajstić information content (AvgIpc) is 2.77. The van der Waals surface area contributed by atoms with Crippen molar-refractivity contribution >= 4 is 23.3 Å². The van der Waals surface area contributed by atoms with E-state index in [0.29, 0.717) is 11.3 Å². The van der Waals surface area contributed by atoms with Crippen molar-refractivity contribution in [3.63, 3.8) is 0 Å². The maximum atomic E-state index is 12.7. The molecule has 3 rings (SSSR count). The van der Waals surface area contributed by atoms with E-state index in [9.17, 15) is 14.4 Å². The number of rotatable bonds is 7. The molecule has 0 atom stereocenters. The summed E-state index contributed by atoms with van der Waals surface area (Å²) in [6, 6.07) is 22.6. The summed E-state index contributed by atoms with van der Waals surface area (Å²) in [5.74, 6) is -1.44. The maximum Gasteiger partial charge on any atom is 0.339 e. The molecular formula is C24H21NO4. The van der Waals surface area contributed by atoms with Crippen LogP contribution in [0.25, 0.3) is 0 Å². The quantitative estimate of drug-likeness (QED) is 0.485. The zero-order valence-corrected chi connectivity index (χ0v) is 16.1. The van der Waals surface area contributed by atoms with E-state index in [0.717, 1.165) is 12.0 Å². The van der Waals surface area contributed by atoms with Crippen molar-refractivity contribution in [3.05, 3.63) is 101 Å². The number of esters is 1. The zero-order valence-electron chi connectivity index (χ0n) is 16.1. The first kappa shape index (κ1) is 20.0. The van der Waals surface area contributed by atoms with Crippen molar-refractivity contribution in [2.24, 2.45) is 0 Å². The summed E-state index contributed by atoms with van der Waals surface area (Å²) in [6.45, 7) is 1.58. The second kappa shape index (κ2) is 9.46. The molecule has 0 aliphatic rings. The molecule has 0 saturated carbocycles. The summed E-state index contributed by atoms with van der Waals surface area (Å²) in [4.78, 5) is 37.4. The number of anilines is 1. The monoisotopic (exact) mass is 387 g/mol. The van der Waals surface area contributed by atoms with Gasteiger partial charge in [-0.2, -0.15) is 0 Å². The number of hydrogen-bond donors (Lipinski definition) is 1. The highest BCUT2D eigenvalue weighted by molar-refractivity contribution is 6.14. The van der Waals surface area contributed by atoms with E-state index in [1.54, 1.807) is 48.5 Å². The molecule has 146 valence electrons. The molecule has 0 unspecified atom stereocenters. The van der Waals surface area contributed by atoms with Crippen LogP contribution >= 0.6 is 0 Å². The van der Waals surface area contributed by atoms with Gasteiger partial charge in [-0.1, -0.05) is 67.6 Å². The molecule has 0 radical (unpaired) electrons. The smallest absolute Gasteiger partial charge is 0.339 e. The molecule has 1 N–H and O–H groups in total. The van der Waals surface area contributed by atoms with Crippen molar-refractivity contribution in [3.8, 4) is 0 Å². The van der Waals surface area contributed by atoms with Crippen LogP contribution in [0.3, 0.4) is 0 Å². The fourth-order valence-electron chi connectivity index (χ4n) is 2.88. The van der Waals surface area contributed by atoms with Gasteiger partial charge in [0.15, 0.2) is 12.4 Å². The normalized spacial score (nSPS) is 10.2. The number of benzene rings is 3. The number of aryl methyl sites for hydroxylation is 1. The van der Waals surface area contributed by atoms with E-state index in [1.807, 2.05) is 31.2 Å². The number of amides is 1. The summed E-state index contributed by atoms with van der Waals surface area (Å²) in [7, 11) is 0. The second-order valence-electron chi connectivity index (χ2n) is 6.42. The molecule has 0 aliphatic carbocycles. The Morgan fingerprint density at radius 2 is 1.52 bits per heavy atom. The lowest BCUT2D eigenvalue weighted by atomic mass is 9.98. The molecule has 0 aliphatic heterocycles. The molecule has 1 amide bonds. The van der Waals surface area contributed by atoms with Crippen LogP contribution in [-0.4, -0.2) is 24.3 Å². The van der Waals surface area contributed by atoms with Crippen LogP contribution < -0.4 is 5.32 Å². The Bertz CT molecular complexity index is 1030. The molecule has 0 bridgehead atoms. The summed E-state index contributed by atoms with van der Waals surface area (Å²) >= 11 is 0. The summed E-state index contributed by atoms with van der Waals surface area (Å²) in [5.41, 5.74) is 2.57. The second-order valence-corrected chi connectivity index (χ2v) is 6.42. The number of carbonyl (C=O) groups excluding carboxylic acids is 3. The van der Waals surface area contributed by atoms with Crippen LogP contribution in [0.1, 0.15) is 38.8 Å². The summed E-state index contributed by atoms with van der Waals surface area (Å²) in [6.07, 6.45) is 0.852. The predicted molar refractivity (Wildman–Crippen MR) is 111 cm³/mol. The average molecular weight is 387 g/mol. The van der Waals surface area contributed by atoms with Gasteiger partial charge in [-0.15, -0.1) is 0 Å².